The molecule has 2 aromatic rings. The molecule has 1 aliphatic rings. The molecule has 5 nitrogen and oxygen atoms in total. The van der Waals surface area contributed by atoms with Crippen LogP contribution in [0.15, 0.2) is 45.8 Å². The summed E-state index contributed by atoms with van der Waals surface area (Å²) in [6.45, 7) is 6.57. The van der Waals surface area contributed by atoms with E-state index in [0.29, 0.717) is 6.54 Å². The summed E-state index contributed by atoms with van der Waals surface area (Å²) < 4.78 is 13.0. The Hall–Kier alpha value is -2.34. The molecule has 0 aliphatic heterocycles. The van der Waals surface area contributed by atoms with Gasteiger partial charge in [-0.1, -0.05) is 25.0 Å². The van der Waals surface area contributed by atoms with Crippen LogP contribution in [0.25, 0.3) is 11.3 Å². The fraction of sp³-hybridized carbons (Fsp3) is 0.455. The predicted octanol–water partition coefficient (Wildman–Crippen LogP) is 5.27. The number of ether oxygens (including phenoxy) is 2. The molecule has 0 N–H and O–H groups in total. The second kappa shape index (κ2) is 9.73. The van der Waals surface area contributed by atoms with Crippen molar-refractivity contribution in [1.82, 2.24) is 4.68 Å². The molecule has 1 fully saturated rings. The van der Waals surface area contributed by atoms with Gasteiger partial charge in [0, 0.05) is 22.7 Å². The van der Waals surface area contributed by atoms with Gasteiger partial charge in [0.1, 0.15) is 11.5 Å². The largest absolute Gasteiger partial charge is 0.497 e. The number of rotatable bonds is 6. The Morgan fingerprint density at radius 2 is 1.89 bits per heavy atom. The van der Waals surface area contributed by atoms with Crippen LogP contribution in [-0.2, 0) is 0 Å². The number of nitrogens with zero attached hydrogens (tertiary/aromatic N) is 3. The maximum atomic E-state index is 5.63. The zero-order chi connectivity index (χ0) is 19.9. The van der Waals surface area contributed by atoms with Gasteiger partial charge in [0.2, 0.25) is 4.80 Å². The molecule has 0 bridgehead atoms. The van der Waals surface area contributed by atoms with Crippen LogP contribution < -0.4 is 14.3 Å². The van der Waals surface area contributed by atoms with Crippen molar-refractivity contribution in [2.45, 2.75) is 45.4 Å². The lowest BCUT2D eigenvalue weighted by Gasteiger charge is -2.12. The number of benzene rings is 1. The van der Waals surface area contributed by atoms with E-state index >= 15 is 0 Å². The van der Waals surface area contributed by atoms with Gasteiger partial charge in [-0.3, -0.25) is 4.99 Å². The van der Waals surface area contributed by atoms with E-state index in [1.165, 1.54) is 31.4 Å². The van der Waals surface area contributed by atoms with Crippen molar-refractivity contribution < 1.29 is 9.47 Å². The fourth-order valence-electron chi connectivity index (χ4n) is 3.28. The van der Waals surface area contributed by atoms with E-state index in [1.54, 1.807) is 25.6 Å². The molecule has 0 unspecified atom stereocenters. The van der Waals surface area contributed by atoms with Crippen molar-refractivity contribution >= 4 is 17.0 Å². The molecule has 6 heteroatoms. The zero-order valence-corrected chi connectivity index (χ0v) is 17.8. The Kier molecular flexibility index (Phi) is 7.09. The molecule has 1 aromatic carbocycles. The van der Waals surface area contributed by atoms with Gasteiger partial charge in [-0.2, -0.15) is 5.10 Å². The third kappa shape index (κ3) is 4.93. The van der Waals surface area contributed by atoms with Crippen molar-refractivity contribution in [3.05, 3.63) is 40.5 Å². The average molecular weight is 400 g/mol. The van der Waals surface area contributed by atoms with Gasteiger partial charge in [0.05, 0.1) is 26.5 Å². The van der Waals surface area contributed by atoms with Gasteiger partial charge >= 0.3 is 0 Å². The Balaban J connectivity index is 2.12. The molecule has 150 valence electrons. The maximum absolute atomic E-state index is 5.63. The summed E-state index contributed by atoms with van der Waals surface area (Å²) in [4.78, 5) is 5.62. The second-order valence-electron chi connectivity index (χ2n) is 7.14. The van der Waals surface area contributed by atoms with Crippen LogP contribution in [-0.4, -0.2) is 31.2 Å². The third-order valence-electron chi connectivity index (χ3n) is 4.78. The molecule has 0 radical (unpaired) electrons. The molecule has 0 spiro atoms. The summed E-state index contributed by atoms with van der Waals surface area (Å²) in [5, 5.41) is 7.14. The Morgan fingerprint density at radius 3 is 2.54 bits per heavy atom. The van der Waals surface area contributed by atoms with E-state index in [2.05, 4.69) is 12.0 Å². The van der Waals surface area contributed by atoms with Crippen LogP contribution in [0.3, 0.4) is 0 Å². The topological polar surface area (TPSA) is 48.1 Å². The summed E-state index contributed by atoms with van der Waals surface area (Å²) in [6.07, 6.45) is 7.12. The van der Waals surface area contributed by atoms with Crippen molar-refractivity contribution in [1.29, 1.82) is 0 Å². The van der Waals surface area contributed by atoms with E-state index in [-0.39, 0.29) is 0 Å². The van der Waals surface area contributed by atoms with Gasteiger partial charge in [-0.25, -0.2) is 4.68 Å². The van der Waals surface area contributed by atoms with Crippen molar-refractivity contribution in [2.24, 2.45) is 10.1 Å². The van der Waals surface area contributed by atoms with Gasteiger partial charge in [0.15, 0.2) is 0 Å². The first-order chi connectivity index (χ1) is 13.6. The Morgan fingerprint density at radius 1 is 1.14 bits per heavy atom. The van der Waals surface area contributed by atoms with Crippen LogP contribution in [0.5, 0.6) is 11.5 Å². The lowest BCUT2D eigenvalue weighted by atomic mass is 10.1. The van der Waals surface area contributed by atoms with E-state index < -0.39 is 0 Å². The normalized spacial score (nSPS) is 15.2. The smallest absolute Gasteiger partial charge is 0.206 e. The molecular weight excluding hydrogens is 370 g/mol. The van der Waals surface area contributed by atoms with Crippen LogP contribution in [0, 0.1) is 0 Å². The van der Waals surface area contributed by atoms with Crippen molar-refractivity contribution in [2.75, 3.05) is 20.8 Å². The second-order valence-corrected chi connectivity index (χ2v) is 7.97. The Bertz CT molecular complexity index is 914. The van der Waals surface area contributed by atoms with Crippen molar-refractivity contribution in [3.63, 3.8) is 0 Å². The third-order valence-corrected chi connectivity index (χ3v) is 5.63. The summed E-state index contributed by atoms with van der Waals surface area (Å²) in [7, 11) is 3.34. The zero-order valence-electron chi connectivity index (χ0n) is 17.0. The minimum absolute atomic E-state index is 0.602. The molecule has 1 aliphatic carbocycles. The van der Waals surface area contributed by atoms with Crippen LogP contribution in [0.4, 0.5) is 0 Å². The van der Waals surface area contributed by atoms with Crippen LogP contribution >= 0.6 is 11.3 Å². The number of aromatic nitrogens is 1. The molecule has 28 heavy (non-hydrogen) atoms. The van der Waals surface area contributed by atoms with E-state index in [9.17, 15) is 0 Å². The first-order valence-corrected chi connectivity index (χ1v) is 10.6. The van der Waals surface area contributed by atoms with Crippen LogP contribution in [0.1, 0.15) is 45.4 Å². The Labute approximate surface area is 171 Å². The number of thiazole rings is 1. The number of hydrogen-bond donors (Lipinski definition) is 0. The van der Waals surface area contributed by atoms with Crippen LogP contribution in [0.2, 0.25) is 0 Å². The van der Waals surface area contributed by atoms with Gasteiger partial charge in [0.25, 0.3) is 0 Å². The highest BCUT2D eigenvalue weighted by Gasteiger charge is 2.15. The lowest BCUT2D eigenvalue weighted by molar-refractivity contribution is 0.395. The highest BCUT2D eigenvalue weighted by molar-refractivity contribution is 7.07. The predicted molar refractivity (Wildman–Crippen MR) is 117 cm³/mol. The quantitative estimate of drug-likeness (QED) is 0.491. The first kappa shape index (κ1) is 20.4. The number of hydrogen-bond acceptors (Lipinski definition) is 5. The average Bonchev–Trinajstić information content (AvgIpc) is 2.90. The molecule has 0 saturated heterocycles. The molecule has 0 amide bonds. The molecule has 1 heterocycles. The van der Waals surface area contributed by atoms with Gasteiger partial charge in [-0.05, 0) is 44.7 Å². The summed E-state index contributed by atoms with van der Waals surface area (Å²) in [6, 6.07) is 5.87. The highest BCUT2D eigenvalue weighted by atomic mass is 32.1. The summed E-state index contributed by atoms with van der Waals surface area (Å²) in [5.41, 5.74) is 4.25. The molecular formula is C22H29N3O2S. The summed E-state index contributed by atoms with van der Waals surface area (Å²) in [5.74, 6) is 1.53. The standard InChI is InChI=1S/C22H29N3O2S/c1-16(2)14-23-22-25(24-17-9-7-5-6-8-10-17)20(15-28-22)19-12-11-18(26-3)13-21(19)27-4/h11-13,15H,1,5-10,14H2,2-4H3. The lowest BCUT2D eigenvalue weighted by Crippen LogP contribution is -2.15. The molecule has 1 aromatic heterocycles. The van der Waals surface area contributed by atoms with Crippen molar-refractivity contribution in [3.8, 4) is 22.8 Å². The molecule has 1 saturated carbocycles. The molecule has 0 atom stereocenters. The van der Waals surface area contributed by atoms with Gasteiger partial charge < -0.3 is 9.47 Å². The van der Waals surface area contributed by atoms with Gasteiger partial charge in [-0.15, -0.1) is 11.3 Å². The maximum Gasteiger partial charge on any atom is 0.206 e. The minimum atomic E-state index is 0.602. The first-order valence-electron chi connectivity index (χ1n) is 9.77. The molecule has 3 rings (SSSR count). The van der Waals surface area contributed by atoms with E-state index in [4.69, 9.17) is 19.6 Å². The number of methoxy groups -OCH3 is 2. The SMILES string of the molecule is C=C(C)CN=c1scc(-c2ccc(OC)cc2OC)n1N=C1CCCCCC1. The fourth-order valence-corrected chi connectivity index (χ4v) is 4.10. The summed E-state index contributed by atoms with van der Waals surface area (Å²) >= 11 is 1.60. The minimum Gasteiger partial charge on any atom is -0.497 e. The van der Waals surface area contributed by atoms with E-state index in [1.807, 2.05) is 29.8 Å². The highest BCUT2D eigenvalue weighted by Crippen LogP contribution is 2.33. The monoisotopic (exact) mass is 399 g/mol. The van der Waals surface area contributed by atoms with E-state index in [0.717, 1.165) is 46.0 Å².